The molecule has 0 spiro atoms. The molecule has 2 amide bonds. The van der Waals surface area contributed by atoms with Gasteiger partial charge in [-0.1, -0.05) is 13.3 Å². The molecule has 1 heterocycles. The lowest BCUT2D eigenvalue weighted by Crippen LogP contribution is -2.39. The molecule has 1 rings (SSSR count). The molecule has 0 aromatic carbocycles. The minimum absolute atomic E-state index is 0.0696. The zero-order valence-corrected chi connectivity index (χ0v) is 9.99. The van der Waals surface area contributed by atoms with E-state index in [1.165, 1.54) is 7.11 Å². The number of hydrogen-bond donors (Lipinski definition) is 1. The van der Waals surface area contributed by atoms with Crippen molar-refractivity contribution in [2.75, 3.05) is 26.7 Å². The van der Waals surface area contributed by atoms with Crippen LogP contribution in [0.5, 0.6) is 0 Å². The van der Waals surface area contributed by atoms with Crippen molar-refractivity contribution in [1.82, 2.24) is 10.2 Å². The van der Waals surface area contributed by atoms with Crippen molar-refractivity contribution in [3.63, 3.8) is 0 Å². The predicted octanol–water partition coefficient (Wildman–Crippen LogP) is 0.991. The van der Waals surface area contributed by atoms with Gasteiger partial charge in [-0.15, -0.1) is 0 Å². The van der Waals surface area contributed by atoms with Gasteiger partial charge in [0.1, 0.15) is 0 Å². The van der Waals surface area contributed by atoms with E-state index in [-0.39, 0.29) is 17.9 Å². The van der Waals surface area contributed by atoms with E-state index in [2.05, 4.69) is 17.0 Å². The molecule has 1 aliphatic heterocycles. The van der Waals surface area contributed by atoms with E-state index in [0.29, 0.717) is 26.1 Å². The summed E-state index contributed by atoms with van der Waals surface area (Å²) in [5, 5.41) is 2.84. The number of esters is 1. The second-order valence-corrected chi connectivity index (χ2v) is 4.04. The second kappa shape index (κ2) is 6.35. The number of carbonyl (C=O) groups excluding carboxylic acids is 2. The van der Waals surface area contributed by atoms with Gasteiger partial charge in [-0.05, 0) is 12.8 Å². The highest BCUT2D eigenvalue weighted by molar-refractivity contribution is 5.78. The van der Waals surface area contributed by atoms with Crippen LogP contribution in [0, 0.1) is 5.92 Å². The van der Waals surface area contributed by atoms with E-state index >= 15 is 0 Å². The van der Waals surface area contributed by atoms with Gasteiger partial charge >= 0.3 is 12.0 Å². The summed E-state index contributed by atoms with van der Waals surface area (Å²) >= 11 is 0. The predicted molar refractivity (Wildman–Crippen MR) is 60.0 cm³/mol. The molecule has 0 radical (unpaired) electrons. The monoisotopic (exact) mass is 228 g/mol. The summed E-state index contributed by atoms with van der Waals surface area (Å²) in [4.78, 5) is 24.6. The van der Waals surface area contributed by atoms with E-state index in [4.69, 9.17) is 0 Å². The number of methoxy groups -OCH3 is 1. The van der Waals surface area contributed by atoms with Gasteiger partial charge in [0.05, 0.1) is 13.0 Å². The molecule has 5 nitrogen and oxygen atoms in total. The first kappa shape index (κ1) is 12.8. The van der Waals surface area contributed by atoms with Crippen LogP contribution in [-0.2, 0) is 9.53 Å². The number of amides is 2. The average molecular weight is 228 g/mol. The molecular formula is C11H20N2O3. The molecule has 5 heteroatoms. The number of hydrogen-bond acceptors (Lipinski definition) is 3. The lowest BCUT2D eigenvalue weighted by atomic mass is 10.1. The third-order valence-electron chi connectivity index (χ3n) is 2.82. The number of rotatable bonds is 4. The zero-order valence-electron chi connectivity index (χ0n) is 9.99. The van der Waals surface area contributed by atoms with Crippen molar-refractivity contribution in [2.24, 2.45) is 5.92 Å². The Morgan fingerprint density at radius 2 is 2.25 bits per heavy atom. The maximum Gasteiger partial charge on any atom is 0.317 e. The summed E-state index contributed by atoms with van der Waals surface area (Å²) in [7, 11) is 1.38. The van der Waals surface area contributed by atoms with Gasteiger partial charge in [-0.25, -0.2) is 4.79 Å². The lowest BCUT2D eigenvalue weighted by molar-refractivity contribution is -0.144. The Balaban J connectivity index is 2.29. The fraction of sp³-hybridized carbons (Fsp3) is 0.818. The van der Waals surface area contributed by atoms with Crippen LogP contribution in [0.25, 0.3) is 0 Å². The van der Waals surface area contributed by atoms with Crippen molar-refractivity contribution in [2.45, 2.75) is 26.2 Å². The summed E-state index contributed by atoms with van der Waals surface area (Å²) < 4.78 is 4.66. The molecule has 1 fully saturated rings. The van der Waals surface area contributed by atoms with Crippen molar-refractivity contribution >= 4 is 12.0 Å². The molecule has 1 unspecified atom stereocenters. The number of likely N-dealkylation sites (tertiary alicyclic amines) is 1. The summed E-state index contributed by atoms with van der Waals surface area (Å²) in [5.41, 5.74) is 0. The first-order chi connectivity index (χ1) is 7.69. The standard InChI is InChI=1S/C11H20N2O3/c1-3-4-6-12-11(15)13-7-5-9(8-13)10(14)16-2/h9H,3-8H2,1-2H3,(H,12,15). The van der Waals surface area contributed by atoms with Crippen LogP contribution in [0.15, 0.2) is 0 Å². The number of carbonyl (C=O) groups is 2. The van der Waals surface area contributed by atoms with Gasteiger partial charge in [0.15, 0.2) is 0 Å². The van der Waals surface area contributed by atoms with Crippen molar-refractivity contribution in [3.05, 3.63) is 0 Å². The van der Waals surface area contributed by atoms with Gasteiger partial charge in [-0.2, -0.15) is 0 Å². The number of ether oxygens (including phenoxy) is 1. The Morgan fingerprint density at radius 1 is 1.50 bits per heavy atom. The van der Waals surface area contributed by atoms with E-state index in [1.54, 1.807) is 4.90 Å². The highest BCUT2D eigenvalue weighted by Crippen LogP contribution is 2.17. The molecule has 0 saturated carbocycles. The Labute approximate surface area is 96.1 Å². The fourth-order valence-electron chi connectivity index (χ4n) is 1.79. The smallest absolute Gasteiger partial charge is 0.317 e. The molecule has 0 aromatic heterocycles. The van der Waals surface area contributed by atoms with Gasteiger partial charge in [0.2, 0.25) is 0 Å². The van der Waals surface area contributed by atoms with Crippen molar-refractivity contribution in [1.29, 1.82) is 0 Å². The van der Waals surface area contributed by atoms with Gasteiger partial charge in [0.25, 0.3) is 0 Å². The molecule has 1 atom stereocenters. The summed E-state index contributed by atoms with van der Waals surface area (Å²) in [5.74, 6) is -0.370. The van der Waals surface area contributed by atoms with Crippen LogP contribution in [-0.4, -0.2) is 43.6 Å². The molecule has 16 heavy (non-hydrogen) atoms. The van der Waals surface area contributed by atoms with Crippen LogP contribution in [0.3, 0.4) is 0 Å². The SMILES string of the molecule is CCCCNC(=O)N1CCC(C(=O)OC)C1. The molecule has 0 aliphatic carbocycles. The molecule has 1 aliphatic rings. The zero-order chi connectivity index (χ0) is 12.0. The van der Waals surface area contributed by atoms with Crippen LogP contribution < -0.4 is 5.32 Å². The van der Waals surface area contributed by atoms with Gasteiger partial charge < -0.3 is 15.0 Å². The minimum Gasteiger partial charge on any atom is -0.469 e. The van der Waals surface area contributed by atoms with Crippen LogP contribution in [0.1, 0.15) is 26.2 Å². The van der Waals surface area contributed by atoms with Crippen LogP contribution in [0.2, 0.25) is 0 Å². The third-order valence-corrected chi connectivity index (χ3v) is 2.82. The number of nitrogens with one attached hydrogen (secondary N) is 1. The maximum absolute atomic E-state index is 11.6. The molecule has 92 valence electrons. The van der Waals surface area contributed by atoms with E-state index in [0.717, 1.165) is 12.8 Å². The van der Waals surface area contributed by atoms with E-state index in [1.807, 2.05) is 0 Å². The summed E-state index contributed by atoms with van der Waals surface area (Å²) in [6, 6.07) is -0.0696. The van der Waals surface area contributed by atoms with Crippen molar-refractivity contribution < 1.29 is 14.3 Å². The largest absolute Gasteiger partial charge is 0.469 e. The average Bonchev–Trinajstić information content (AvgIpc) is 2.77. The topological polar surface area (TPSA) is 58.6 Å². The quantitative estimate of drug-likeness (QED) is 0.576. The molecule has 0 bridgehead atoms. The molecular weight excluding hydrogens is 208 g/mol. The Kier molecular flexibility index (Phi) is 5.08. The molecule has 1 N–H and O–H groups in total. The van der Waals surface area contributed by atoms with Gasteiger partial charge in [-0.3, -0.25) is 4.79 Å². The second-order valence-electron chi connectivity index (χ2n) is 4.04. The normalized spacial score (nSPS) is 19.6. The summed E-state index contributed by atoms with van der Waals surface area (Å²) in [6.45, 7) is 3.90. The van der Waals surface area contributed by atoms with E-state index in [9.17, 15) is 9.59 Å². The first-order valence-corrected chi connectivity index (χ1v) is 5.79. The number of unbranched alkanes of at least 4 members (excludes halogenated alkanes) is 1. The fourth-order valence-corrected chi connectivity index (χ4v) is 1.79. The minimum atomic E-state index is -0.219. The molecule has 0 aromatic rings. The first-order valence-electron chi connectivity index (χ1n) is 5.79. The Bertz CT molecular complexity index is 256. The number of nitrogens with zero attached hydrogens (tertiary/aromatic N) is 1. The van der Waals surface area contributed by atoms with E-state index < -0.39 is 0 Å². The van der Waals surface area contributed by atoms with Crippen molar-refractivity contribution in [3.8, 4) is 0 Å². The lowest BCUT2D eigenvalue weighted by Gasteiger charge is -2.16. The van der Waals surface area contributed by atoms with Gasteiger partial charge in [0, 0.05) is 19.6 Å². The Hall–Kier alpha value is -1.26. The number of urea groups is 1. The highest BCUT2D eigenvalue weighted by atomic mass is 16.5. The Morgan fingerprint density at radius 3 is 2.88 bits per heavy atom. The maximum atomic E-state index is 11.6. The third kappa shape index (κ3) is 3.40. The summed E-state index contributed by atoms with van der Waals surface area (Å²) in [6.07, 6.45) is 2.75. The highest BCUT2D eigenvalue weighted by Gasteiger charge is 2.31. The van der Waals surface area contributed by atoms with Crippen LogP contribution in [0.4, 0.5) is 4.79 Å². The molecule has 1 saturated heterocycles. The van der Waals surface area contributed by atoms with Crippen LogP contribution >= 0.6 is 0 Å².